The van der Waals surface area contributed by atoms with Crippen molar-refractivity contribution in [3.05, 3.63) is 15.8 Å². The summed E-state index contributed by atoms with van der Waals surface area (Å²) >= 11 is 1.16. The second-order valence-corrected chi connectivity index (χ2v) is 16.0. The number of thiophene rings is 1. The molecule has 1 aromatic heterocycles. The predicted molar refractivity (Wildman–Crippen MR) is 171 cm³/mol. The Labute approximate surface area is 256 Å². The van der Waals surface area contributed by atoms with Crippen LogP contribution in [0.4, 0.5) is 5.69 Å². The van der Waals surface area contributed by atoms with E-state index in [0.717, 1.165) is 69.1 Å². The molecule has 0 aromatic carbocycles. The number of hydrogen-bond donors (Lipinski definition) is 2. The minimum atomic E-state index is -3.10. The van der Waals surface area contributed by atoms with Gasteiger partial charge in [0.2, 0.25) is 5.91 Å². The fourth-order valence-corrected chi connectivity index (χ4v) is 8.32. The van der Waals surface area contributed by atoms with E-state index in [1.54, 1.807) is 0 Å². The summed E-state index contributed by atoms with van der Waals surface area (Å²) < 4.78 is 23.7. The Hall–Kier alpha value is -1.69. The van der Waals surface area contributed by atoms with Crippen LogP contribution in [0.5, 0.6) is 0 Å². The molecule has 0 aliphatic heterocycles. The minimum Gasteiger partial charge on any atom is -0.477 e. The molecule has 1 aromatic rings. The van der Waals surface area contributed by atoms with Crippen molar-refractivity contribution in [3.8, 4) is 11.8 Å². The zero-order valence-corrected chi connectivity index (χ0v) is 28.1. The molecule has 0 saturated heterocycles. The maximum absolute atomic E-state index is 14.3. The van der Waals surface area contributed by atoms with Gasteiger partial charge in [0.15, 0.2) is 0 Å². The third kappa shape index (κ3) is 10.2. The summed E-state index contributed by atoms with van der Waals surface area (Å²) in [6.45, 7) is 13.2. The number of nitrogens with zero attached hydrogens (tertiary/aromatic N) is 1. The smallest absolute Gasteiger partial charge is 0.348 e. The van der Waals surface area contributed by atoms with E-state index in [4.69, 9.17) is 9.05 Å². The lowest BCUT2D eigenvalue weighted by atomic mass is 9.88. The quantitative estimate of drug-likeness (QED) is 0.141. The van der Waals surface area contributed by atoms with Crippen LogP contribution in [0.25, 0.3) is 0 Å². The van der Waals surface area contributed by atoms with Crippen molar-refractivity contribution < 1.29 is 28.3 Å². The van der Waals surface area contributed by atoms with Crippen molar-refractivity contribution in [2.75, 3.05) is 30.8 Å². The molecule has 2 saturated carbocycles. The van der Waals surface area contributed by atoms with Gasteiger partial charge in [0.05, 0.1) is 29.9 Å². The highest BCUT2D eigenvalue weighted by Gasteiger charge is 2.37. The highest BCUT2D eigenvalue weighted by atomic mass is 32.1. The van der Waals surface area contributed by atoms with Crippen molar-refractivity contribution in [1.29, 1.82) is 0 Å². The highest BCUT2D eigenvalue weighted by Crippen LogP contribution is 2.47. The van der Waals surface area contributed by atoms with Gasteiger partial charge in [0.25, 0.3) is 0 Å². The number of carboxylic acids is 1. The van der Waals surface area contributed by atoms with Gasteiger partial charge in [0.1, 0.15) is 4.88 Å². The molecule has 1 amide bonds. The van der Waals surface area contributed by atoms with E-state index in [1.807, 2.05) is 45.6 Å². The van der Waals surface area contributed by atoms with E-state index in [9.17, 15) is 19.3 Å². The monoisotopic (exact) mass is 622 g/mol. The summed E-state index contributed by atoms with van der Waals surface area (Å²) in [5.41, 5.74) is 0.281. The van der Waals surface area contributed by atoms with E-state index in [1.165, 1.54) is 0 Å². The van der Waals surface area contributed by atoms with E-state index >= 15 is 0 Å². The molecule has 2 fully saturated rings. The molecule has 2 aliphatic rings. The van der Waals surface area contributed by atoms with Crippen LogP contribution in [0, 0.1) is 29.1 Å². The molecule has 0 radical (unpaired) electrons. The topological polar surface area (TPSA) is 105 Å². The van der Waals surface area contributed by atoms with Crippen LogP contribution in [-0.4, -0.2) is 55.0 Å². The fourth-order valence-electron chi connectivity index (χ4n) is 5.95. The Morgan fingerprint density at radius 3 is 2.33 bits per heavy atom. The Morgan fingerprint density at radius 2 is 1.74 bits per heavy atom. The first-order chi connectivity index (χ1) is 19.9. The molecular weight excluding hydrogens is 571 g/mol. The Balaban J connectivity index is 1.81. The van der Waals surface area contributed by atoms with Crippen LogP contribution in [-0.2, 0) is 18.4 Å². The Morgan fingerprint density at radius 1 is 1.07 bits per heavy atom. The SMILES string of the molecule is CCOP(=O)(CCNC1CCC(N(C(=O)[C@@H]2CCC[C@@H](C)CC2)c2cc(C#CC(C)(C)C)sc2C(=O)O)CC1)OCC. The summed E-state index contributed by atoms with van der Waals surface area (Å²) in [6, 6.07) is 1.97. The zero-order valence-electron chi connectivity index (χ0n) is 26.4. The number of aromatic carboxylic acids is 1. The van der Waals surface area contributed by atoms with Crippen molar-refractivity contribution in [1.82, 2.24) is 5.32 Å². The van der Waals surface area contributed by atoms with Gasteiger partial charge in [-0.1, -0.05) is 31.6 Å². The first-order valence-electron chi connectivity index (χ1n) is 15.7. The van der Waals surface area contributed by atoms with Gasteiger partial charge in [-0.05, 0) is 91.5 Å². The van der Waals surface area contributed by atoms with Crippen LogP contribution in [0.1, 0.15) is 114 Å². The number of nitrogens with one attached hydrogen (secondary N) is 1. The number of carbonyl (C=O) groups is 2. The number of hydrogen-bond acceptors (Lipinski definition) is 7. The normalized spacial score (nSPS) is 23.5. The molecule has 2 N–H and O–H groups in total. The summed E-state index contributed by atoms with van der Waals surface area (Å²) in [5, 5.41) is 13.7. The third-order valence-corrected chi connectivity index (χ3v) is 11.2. The number of anilines is 1. The largest absolute Gasteiger partial charge is 0.477 e. The second kappa shape index (κ2) is 15.9. The van der Waals surface area contributed by atoms with E-state index in [-0.39, 0.29) is 34.2 Å². The van der Waals surface area contributed by atoms with Gasteiger partial charge in [-0.2, -0.15) is 0 Å². The number of carboxylic acid groups (broad SMARTS) is 1. The van der Waals surface area contributed by atoms with Crippen molar-refractivity contribution in [2.24, 2.45) is 17.3 Å². The van der Waals surface area contributed by atoms with Crippen LogP contribution < -0.4 is 10.2 Å². The lowest BCUT2D eigenvalue weighted by Crippen LogP contribution is -2.48. The number of carbonyl (C=O) groups excluding carboxylic acids is 1. The van der Waals surface area contributed by atoms with Gasteiger partial charge in [-0.25, -0.2) is 4.79 Å². The molecule has 10 heteroatoms. The standard InChI is InChI=1S/C32H51N2O6PS/c1-7-39-41(38,40-8-2)21-20-33-25-14-16-26(17-15-25)34(30(35)24-11-9-10-23(3)12-13-24)28-22-27(18-19-32(4,5)6)42-29(28)31(36)37/h22-26,33H,7-17,20-21H2,1-6H3,(H,36,37)/t23-,24-,25?,26?/m1/s1. The molecule has 0 spiro atoms. The first-order valence-corrected chi connectivity index (χ1v) is 18.2. The fraction of sp³-hybridized carbons (Fsp3) is 0.750. The van der Waals surface area contributed by atoms with Crippen LogP contribution >= 0.6 is 18.9 Å². The van der Waals surface area contributed by atoms with Crippen molar-refractivity contribution in [2.45, 2.75) is 111 Å². The van der Waals surface area contributed by atoms with Gasteiger partial charge in [0, 0.05) is 30.0 Å². The van der Waals surface area contributed by atoms with E-state index in [0.29, 0.717) is 42.4 Å². The van der Waals surface area contributed by atoms with Crippen LogP contribution in [0.3, 0.4) is 0 Å². The molecule has 236 valence electrons. The van der Waals surface area contributed by atoms with E-state index in [2.05, 4.69) is 24.1 Å². The average molecular weight is 623 g/mol. The molecule has 2 aliphatic carbocycles. The summed E-state index contributed by atoms with van der Waals surface area (Å²) in [4.78, 5) is 29.4. The maximum Gasteiger partial charge on any atom is 0.348 e. The molecular formula is C32H51N2O6PS. The first kappa shape index (κ1) is 34.8. The van der Waals surface area contributed by atoms with Crippen LogP contribution in [0.2, 0.25) is 0 Å². The molecule has 2 atom stereocenters. The number of rotatable bonds is 12. The Bertz CT molecular complexity index is 1150. The van der Waals surface area contributed by atoms with Gasteiger partial charge >= 0.3 is 13.6 Å². The third-order valence-electron chi connectivity index (χ3n) is 8.10. The summed E-state index contributed by atoms with van der Waals surface area (Å²) in [6.07, 6.45) is 8.38. The molecule has 1 heterocycles. The van der Waals surface area contributed by atoms with Gasteiger partial charge < -0.3 is 24.4 Å². The molecule has 3 rings (SSSR count). The van der Waals surface area contributed by atoms with E-state index < -0.39 is 13.6 Å². The van der Waals surface area contributed by atoms with Gasteiger partial charge in [-0.15, -0.1) is 11.3 Å². The second-order valence-electron chi connectivity index (χ2n) is 12.8. The van der Waals surface area contributed by atoms with Gasteiger partial charge in [-0.3, -0.25) is 9.36 Å². The number of amides is 1. The van der Waals surface area contributed by atoms with Crippen molar-refractivity contribution >= 4 is 36.5 Å². The average Bonchev–Trinajstić information content (AvgIpc) is 3.22. The molecule has 0 bridgehead atoms. The molecule has 0 unspecified atom stereocenters. The summed E-state index contributed by atoms with van der Waals surface area (Å²) in [5.74, 6) is 5.93. The zero-order chi connectivity index (χ0) is 30.9. The van der Waals surface area contributed by atoms with Crippen molar-refractivity contribution in [3.63, 3.8) is 0 Å². The minimum absolute atomic E-state index is 0.0607. The highest BCUT2D eigenvalue weighted by molar-refractivity contribution is 7.53. The predicted octanol–water partition coefficient (Wildman–Crippen LogP) is 7.56. The molecule has 8 nitrogen and oxygen atoms in total. The molecule has 42 heavy (non-hydrogen) atoms. The summed E-state index contributed by atoms with van der Waals surface area (Å²) in [7, 11) is -3.10. The lowest BCUT2D eigenvalue weighted by Gasteiger charge is -2.38. The maximum atomic E-state index is 14.3. The lowest BCUT2D eigenvalue weighted by molar-refractivity contribution is -0.123. The Kier molecular flexibility index (Phi) is 13.1. The van der Waals surface area contributed by atoms with Crippen LogP contribution in [0.15, 0.2) is 6.07 Å².